The first-order valence-corrected chi connectivity index (χ1v) is 5.27. The van der Waals surface area contributed by atoms with Crippen LogP contribution in [0.5, 0.6) is 0 Å². The summed E-state index contributed by atoms with van der Waals surface area (Å²) in [6, 6.07) is 8.41. The quantitative estimate of drug-likeness (QED) is 0.815. The first-order valence-electron chi connectivity index (χ1n) is 4.48. The van der Waals surface area contributed by atoms with E-state index in [4.69, 9.17) is 0 Å². The minimum absolute atomic E-state index is 0.109. The van der Waals surface area contributed by atoms with Gasteiger partial charge in [0.25, 0.3) is 0 Å². The lowest BCUT2D eigenvalue weighted by atomic mass is 10.0. The molecule has 1 aliphatic heterocycles. The molecule has 72 valence electrons. The SMILES string of the molecule is Cc1ccccc1C1N=CNC=C1Br. The molecule has 2 nitrogen and oxygen atoms in total. The van der Waals surface area contributed by atoms with Crippen LogP contribution in [0.4, 0.5) is 0 Å². The van der Waals surface area contributed by atoms with Gasteiger partial charge in [0, 0.05) is 10.7 Å². The second-order valence-electron chi connectivity index (χ2n) is 3.23. The van der Waals surface area contributed by atoms with Crippen LogP contribution < -0.4 is 5.32 Å². The summed E-state index contributed by atoms with van der Waals surface area (Å²) in [5.41, 5.74) is 2.51. The van der Waals surface area contributed by atoms with Crippen molar-refractivity contribution >= 4 is 22.3 Å². The summed E-state index contributed by atoms with van der Waals surface area (Å²) < 4.78 is 1.06. The fourth-order valence-corrected chi connectivity index (χ4v) is 2.00. The van der Waals surface area contributed by atoms with Crippen LogP contribution in [0.2, 0.25) is 0 Å². The van der Waals surface area contributed by atoms with Crippen molar-refractivity contribution in [3.63, 3.8) is 0 Å². The average molecular weight is 251 g/mol. The van der Waals surface area contributed by atoms with Crippen LogP contribution in [0.3, 0.4) is 0 Å². The van der Waals surface area contributed by atoms with Crippen molar-refractivity contribution in [2.24, 2.45) is 4.99 Å². The predicted octanol–water partition coefficient (Wildman–Crippen LogP) is 2.90. The van der Waals surface area contributed by atoms with Gasteiger partial charge in [-0.25, -0.2) is 0 Å². The van der Waals surface area contributed by atoms with E-state index in [1.807, 2.05) is 18.3 Å². The second-order valence-corrected chi connectivity index (χ2v) is 4.15. The highest BCUT2D eigenvalue weighted by molar-refractivity contribution is 9.11. The van der Waals surface area contributed by atoms with Crippen molar-refractivity contribution < 1.29 is 0 Å². The van der Waals surface area contributed by atoms with Crippen molar-refractivity contribution in [1.82, 2.24) is 5.32 Å². The lowest BCUT2D eigenvalue weighted by Gasteiger charge is -2.17. The van der Waals surface area contributed by atoms with E-state index in [2.05, 4.69) is 45.3 Å². The Morgan fingerprint density at radius 2 is 2.14 bits per heavy atom. The second kappa shape index (κ2) is 3.96. The first kappa shape index (κ1) is 9.46. The van der Waals surface area contributed by atoms with Crippen LogP contribution >= 0.6 is 15.9 Å². The molecule has 1 atom stereocenters. The Balaban J connectivity index is 2.39. The van der Waals surface area contributed by atoms with Gasteiger partial charge in [-0.2, -0.15) is 0 Å². The zero-order valence-corrected chi connectivity index (χ0v) is 9.45. The van der Waals surface area contributed by atoms with E-state index < -0.39 is 0 Å². The molecule has 2 rings (SSSR count). The number of benzene rings is 1. The maximum absolute atomic E-state index is 4.39. The first-order chi connectivity index (χ1) is 6.79. The van der Waals surface area contributed by atoms with Crippen molar-refractivity contribution in [1.29, 1.82) is 0 Å². The molecule has 3 heteroatoms. The molecule has 0 spiro atoms. The van der Waals surface area contributed by atoms with Crippen LogP contribution in [0, 0.1) is 6.92 Å². The van der Waals surface area contributed by atoms with Crippen LogP contribution in [-0.2, 0) is 0 Å². The maximum Gasteiger partial charge on any atom is 0.110 e. The molecule has 1 aromatic carbocycles. The Bertz CT molecular complexity index is 396. The topological polar surface area (TPSA) is 24.4 Å². The van der Waals surface area contributed by atoms with E-state index in [0.717, 1.165) is 4.48 Å². The molecule has 0 saturated heterocycles. The van der Waals surface area contributed by atoms with Crippen molar-refractivity contribution in [2.75, 3.05) is 0 Å². The van der Waals surface area contributed by atoms with Gasteiger partial charge in [-0.05, 0) is 18.1 Å². The van der Waals surface area contributed by atoms with Crippen LogP contribution in [0.25, 0.3) is 0 Å². The Hall–Kier alpha value is -1.09. The lowest BCUT2D eigenvalue weighted by Crippen LogP contribution is -2.12. The third-order valence-electron chi connectivity index (χ3n) is 2.26. The van der Waals surface area contributed by atoms with Gasteiger partial charge in [0.1, 0.15) is 6.04 Å². The lowest BCUT2D eigenvalue weighted by molar-refractivity contribution is 0.864. The molecule has 1 N–H and O–H groups in total. The van der Waals surface area contributed by atoms with Crippen molar-refractivity contribution in [3.8, 4) is 0 Å². The Morgan fingerprint density at radius 3 is 2.86 bits per heavy atom. The number of rotatable bonds is 1. The third kappa shape index (κ3) is 1.73. The molecule has 1 aliphatic rings. The average Bonchev–Trinajstić information content (AvgIpc) is 2.20. The van der Waals surface area contributed by atoms with Gasteiger partial charge in [-0.3, -0.25) is 4.99 Å². The maximum atomic E-state index is 4.39. The summed E-state index contributed by atoms with van der Waals surface area (Å²) in [6.45, 7) is 2.10. The smallest absolute Gasteiger partial charge is 0.110 e. The van der Waals surface area contributed by atoms with E-state index in [-0.39, 0.29) is 6.04 Å². The molecular formula is C11H11BrN2. The van der Waals surface area contributed by atoms with Gasteiger partial charge in [0.2, 0.25) is 0 Å². The number of aliphatic imine (C=N–C) groups is 1. The van der Waals surface area contributed by atoms with E-state index in [1.54, 1.807) is 6.34 Å². The molecule has 0 saturated carbocycles. The molecule has 14 heavy (non-hydrogen) atoms. The highest BCUT2D eigenvalue weighted by Crippen LogP contribution is 2.32. The molecule has 1 heterocycles. The largest absolute Gasteiger partial charge is 0.352 e. The van der Waals surface area contributed by atoms with Crippen molar-refractivity contribution in [2.45, 2.75) is 13.0 Å². The molecule has 0 fully saturated rings. The molecule has 0 aromatic heterocycles. The highest BCUT2D eigenvalue weighted by atomic mass is 79.9. The summed E-state index contributed by atoms with van der Waals surface area (Å²) in [6.07, 6.45) is 3.64. The summed E-state index contributed by atoms with van der Waals surface area (Å²) in [5.74, 6) is 0. The van der Waals surface area contributed by atoms with Crippen LogP contribution in [-0.4, -0.2) is 6.34 Å². The van der Waals surface area contributed by atoms with Gasteiger partial charge < -0.3 is 5.32 Å². The number of aryl methyl sites for hydroxylation is 1. The fourth-order valence-electron chi connectivity index (χ4n) is 1.51. The normalized spacial score (nSPS) is 20.1. The van der Waals surface area contributed by atoms with Gasteiger partial charge in [-0.1, -0.05) is 40.2 Å². The van der Waals surface area contributed by atoms with Gasteiger partial charge >= 0.3 is 0 Å². The molecule has 1 unspecified atom stereocenters. The van der Waals surface area contributed by atoms with E-state index in [0.29, 0.717) is 0 Å². The molecule has 0 radical (unpaired) electrons. The number of hydrogen-bond donors (Lipinski definition) is 1. The molecular weight excluding hydrogens is 240 g/mol. The predicted molar refractivity (Wildman–Crippen MR) is 62.6 cm³/mol. The standard InChI is InChI=1S/C11H11BrN2/c1-8-4-2-3-5-9(8)11-10(12)6-13-7-14-11/h2-7,11H,1H3,(H,13,14). The van der Waals surface area contributed by atoms with E-state index in [1.165, 1.54) is 11.1 Å². The van der Waals surface area contributed by atoms with Crippen LogP contribution in [0.15, 0.2) is 39.9 Å². The zero-order chi connectivity index (χ0) is 9.97. The highest BCUT2D eigenvalue weighted by Gasteiger charge is 2.16. The summed E-state index contributed by atoms with van der Waals surface area (Å²) in [4.78, 5) is 4.39. The van der Waals surface area contributed by atoms with Gasteiger partial charge in [0.05, 0.1) is 6.34 Å². The number of hydrogen-bond acceptors (Lipinski definition) is 2. The summed E-state index contributed by atoms with van der Waals surface area (Å²) >= 11 is 3.51. The Kier molecular flexibility index (Phi) is 2.68. The van der Waals surface area contributed by atoms with E-state index >= 15 is 0 Å². The number of halogens is 1. The van der Waals surface area contributed by atoms with Crippen molar-refractivity contribution in [3.05, 3.63) is 46.1 Å². The molecule has 1 aromatic rings. The number of nitrogens with one attached hydrogen (secondary N) is 1. The van der Waals surface area contributed by atoms with Gasteiger partial charge in [-0.15, -0.1) is 0 Å². The summed E-state index contributed by atoms with van der Waals surface area (Å²) in [5, 5.41) is 2.95. The Labute approximate surface area is 91.9 Å². The molecule has 0 amide bonds. The number of nitrogens with zero attached hydrogens (tertiary/aromatic N) is 1. The molecule has 0 bridgehead atoms. The van der Waals surface area contributed by atoms with E-state index in [9.17, 15) is 0 Å². The zero-order valence-electron chi connectivity index (χ0n) is 7.87. The Morgan fingerprint density at radius 1 is 1.36 bits per heavy atom. The monoisotopic (exact) mass is 250 g/mol. The van der Waals surface area contributed by atoms with Gasteiger partial charge in [0.15, 0.2) is 0 Å². The minimum Gasteiger partial charge on any atom is -0.352 e. The minimum atomic E-state index is 0.109. The summed E-state index contributed by atoms with van der Waals surface area (Å²) in [7, 11) is 0. The van der Waals surface area contributed by atoms with Crippen LogP contribution in [0.1, 0.15) is 17.2 Å². The third-order valence-corrected chi connectivity index (χ3v) is 2.93. The molecule has 0 aliphatic carbocycles. The fraction of sp³-hybridized carbons (Fsp3) is 0.182.